The Morgan fingerprint density at radius 3 is 2.56 bits per heavy atom. The van der Waals surface area contributed by atoms with Crippen LogP contribution in [0.4, 0.5) is 0 Å². The highest BCUT2D eigenvalue weighted by atomic mass is 15.0. The van der Waals surface area contributed by atoms with Crippen LogP contribution in [0.5, 0.6) is 0 Å². The monoisotopic (exact) mass is 126 g/mol. The standard InChI is InChI=1S/C7H14N2/c1-2-8-4-7-5-9-3-6(1)7/h6-9H,1-5H2/t6-,7+/m1/s1. The van der Waals surface area contributed by atoms with Crippen molar-refractivity contribution in [2.24, 2.45) is 11.8 Å². The summed E-state index contributed by atoms with van der Waals surface area (Å²) in [7, 11) is 0. The lowest BCUT2D eigenvalue weighted by atomic mass is 9.90. The fourth-order valence-corrected chi connectivity index (χ4v) is 1.94. The Morgan fingerprint density at radius 2 is 1.67 bits per heavy atom. The number of piperidine rings is 1. The largest absolute Gasteiger partial charge is 0.316 e. The lowest BCUT2D eigenvalue weighted by molar-refractivity contribution is 0.318. The molecule has 0 aromatic rings. The van der Waals surface area contributed by atoms with Gasteiger partial charge < -0.3 is 10.6 Å². The van der Waals surface area contributed by atoms with E-state index < -0.39 is 0 Å². The Hall–Kier alpha value is -0.0800. The molecule has 2 rings (SSSR count). The third kappa shape index (κ3) is 0.970. The molecule has 2 nitrogen and oxygen atoms in total. The number of hydrogen-bond donors (Lipinski definition) is 2. The predicted molar refractivity (Wildman–Crippen MR) is 37.3 cm³/mol. The topological polar surface area (TPSA) is 24.1 Å². The van der Waals surface area contributed by atoms with Gasteiger partial charge in [0.1, 0.15) is 0 Å². The molecule has 0 aromatic carbocycles. The molecular formula is C7H14N2. The Morgan fingerprint density at radius 1 is 0.889 bits per heavy atom. The van der Waals surface area contributed by atoms with E-state index in [2.05, 4.69) is 10.6 Å². The van der Waals surface area contributed by atoms with Crippen LogP contribution < -0.4 is 10.6 Å². The van der Waals surface area contributed by atoms with Gasteiger partial charge >= 0.3 is 0 Å². The molecule has 2 atom stereocenters. The molecule has 0 bridgehead atoms. The molecular weight excluding hydrogens is 112 g/mol. The molecule has 52 valence electrons. The van der Waals surface area contributed by atoms with E-state index in [1.165, 1.54) is 32.6 Å². The maximum atomic E-state index is 3.42. The van der Waals surface area contributed by atoms with E-state index in [1.807, 2.05) is 0 Å². The van der Waals surface area contributed by atoms with Gasteiger partial charge in [0.05, 0.1) is 0 Å². The minimum absolute atomic E-state index is 0.943. The molecule has 2 N–H and O–H groups in total. The molecule has 0 spiro atoms. The van der Waals surface area contributed by atoms with E-state index in [0.29, 0.717) is 0 Å². The Balaban J connectivity index is 1.97. The summed E-state index contributed by atoms with van der Waals surface area (Å²) in [5.41, 5.74) is 0. The van der Waals surface area contributed by atoms with Gasteiger partial charge in [0, 0.05) is 0 Å². The summed E-state index contributed by atoms with van der Waals surface area (Å²) in [4.78, 5) is 0. The van der Waals surface area contributed by atoms with Crippen molar-refractivity contribution >= 4 is 0 Å². The minimum Gasteiger partial charge on any atom is -0.316 e. The van der Waals surface area contributed by atoms with Crippen LogP contribution in [0.2, 0.25) is 0 Å². The predicted octanol–water partition coefficient (Wildman–Crippen LogP) is -0.185. The minimum atomic E-state index is 0.943. The Labute approximate surface area is 56.0 Å². The second-order valence-corrected chi connectivity index (χ2v) is 3.17. The zero-order chi connectivity index (χ0) is 6.10. The molecule has 2 aliphatic heterocycles. The zero-order valence-electron chi connectivity index (χ0n) is 5.69. The molecule has 2 fully saturated rings. The average Bonchev–Trinajstić information content (AvgIpc) is 2.33. The highest BCUT2D eigenvalue weighted by Crippen LogP contribution is 2.21. The molecule has 2 aliphatic rings. The van der Waals surface area contributed by atoms with Crippen molar-refractivity contribution in [2.45, 2.75) is 6.42 Å². The van der Waals surface area contributed by atoms with Crippen LogP contribution in [0, 0.1) is 11.8 Å². The first kappa shape index (κ1) is 5.69. The Bertz CT molecular complexity index is 91.1. The van der Waals surface area contributed by atoms with Crippen molar-refractivity contribution in [1.29, 1.82) is 0 Å². The van der Waals surface area contributed by atoms with Gasteiger partial charge in [-0.25, -0.2) is 0 Å². The first-order valence-corrected chi connectivity index (χ1v) is 3.88. The summed E-state index contributed by atoms with van der Waals surface area (Å²) in [6.45, 7) is 5.00. The van der Waals surface area contributed by atoms with Crippen molar-refractivity contribution in [2.75, 3.05) is 26.2 Å². The van der Waals surface area contributed by atoms with Gasteiger partial charge in [-0.3, -0.25) is 0 Å². The molecule has 0 aliphatic carbocycles. The average molecular weight is 126 g/mol. The number of fused-ring (bicyclic) bond motifs is 1. The number of nitrogens with one attached hydrogen (secondary N) is 2. The van der Waals surface area contributed by atoms with Crippen LogP contribution in [0.1, 0.15) is 6.42 Å². The van der Waals surface area contributed by atoms with E-state index in [9.17, 15) is 0 Å². The Kier molecular flexibility index (Phi) is 1.44. The van der Waals surface area contributed by atoms with Crippen molar-refractivity contribution in [3.05, 3.63) is 0 Å². The highest BCUT2D eigenvalue weighted by molar-refractivity contribution is 4.85. The van der Waals surface area contributed by atoms with Crippen molar-refractivity contribution in [3.8, 4) is 0 Å². The third-order valence-corrected chi connectivity index (χ3v) is 2.58. The van der Waals surface area contributed by atoms with Crippen LogP contribution in [-0.4, -0.2) is 26.2 Å². The molecule has 0 radical (unpaired) electrons. The van der Waals surface area contributed by atoms with Gasteiger partial charge in [0.2, 0.25) is 0 Å². The lowest BCUT2D eigenvalue weighted by Gasteiger charge is -2.24. The van der Waals surface area contributed by atoms with Gasteiger partial charge in [-0.1, -0.05) is 0 Å². The summed E-state index contributed by atoms with van der Waals surface area (Å²) < 4.78 is 0. The zero-order valence-corrected chi connectivity index (χ0v) is 5.69. The molecule has 0 unspecified atom stereocenters. The molecule has 0 amide bonds. The number of rotatable bonds is 0. The van der Waals surface area contributed by atoms with Gasteiger partial charge in [-0.2, -0.15) is 0 Å². The fraction of sp³-hybridized carbons (Fsp3) is 1.00. The normalized spacial score (nSPS) is 42.7. The third-order valence-electron chi connectivity index (χ3n) is 2.58. The fourth-order valence-electron chi connectivity index (χ4n) is 1.94. The van der Waals surface area contributed by atoms with Crippen molar-refractivity contribution in [1.82, 2.24) is 10.6 Å². The van der Waals surface area contributed by atoms with E-state index in [-0.39, 0.29) is 0 Å². The van der Waals surface area contributed by atoms with E-state index in [4.69, 9.17) is 0 Å². The van der Waals surface area contributed by atoms with Gasteiger partial charge in [-0.05, 0) is 44.4 Å². The SMILES string of the molecule is C1C[C@@H]2CNC[C@@H]2CN1. The summed E-state index contributed by atoms with van der Waals surface area (Å²) in [5.74, 6) is 1.94. The van der Waals surface area contributed by atoms with Crippen molar-refractivity contribution < 1.29 is 0 Å². The van der Waals surface area contributed by atoms with Gasteiger partial charge in [-0.15, -0.1) is 0 Å². The molecule has 0 aromatic heterocycles. The second kappa shape index (κ2) is 2.27. The maximum absolute atomic E-state index is 3.42. The molecule has 0 saturated carbocycles. The summed E-state index contributed by atoms with van der Waals surface area (Å²) >= 11 is 0. The summed E-state index contributed by atoms with van der Waals surface area (Å²) in [6, 6.07) is 0. The van der Waals surface area contributed by atoms with Gasteiger partial charge in [0.25, 0.3) is 0 Å². The van der Waals surface area contributed by atoms with E-state index in [0.717, 1.165) is 11.8 Å². The van der Waals surface area contributed by atoms with Crippen LogP contribution in [-0.2, 0) is 0 Å². The molecule has 9 heavy (non-hydrogen) atoms. The molecule has 2 heteroatoms. The van der Waals surface area contributed by atoms with Crippen LogP contribution in [0.25, 0.3) is 0 Å². The van der Waals surface area contributed by atoms with E-state index >= 15 is 0 Å². The first-order chi connectivity index (χ1) is 4.47. The van der Waals surface area contributed by atoms with Crippen LogP contribution in [0.15, 0.2) is 0 Å². The van der Waals surface area contributed by atoms with Crippen molar-refractivity contribution in [3.63, 3.8) is 0 Å². The summed E-state index contributed by atoms with van der Waals surface area (Å²) in [5, 5.41) is 6.84. The smallest absolute Gasteiger partial charge is 0.000511 e. The van der Waals surface area contributed by atoms with Gasteiger partial charge in [0.15, 0.2) is 0 Å². The summed E-state index contributed by atoms with van der Waals surface area (Å²) in [6.07, 6.45) is 1.39. The highest BCUT2D eigenvalue weighted by Gasteiger charge is 2.28. The van der Waals surface area contributed by atoms with Crippen LogP contribution >= 0.6 is 0 Å². The second-order valence-electron chi connectivity index (χ2n) is 3.17. The first-order valence-electron chi connectivity index (χ1n) is 3.88. The molecule has 2 saturated heterocycles. The van der Waals surface area contributed by atoms with Crippen LogP contribution in [0.3, 0.4) is 0 Å². The lowest BCUT2D eigenvalue weighted by Crippen LogP contribution is -2.35. The maximum Gasteiger partial charge on any atom is -0.000511 e. The van der Waals surface area contributed by atoms with E-state index in [1.54, 1.807) is 0 Å². The number of hydrogen-bond acceptors (Lipinski definition) is 2. The molecule has 2 heterocycles. The quantitative estimate of drug-likeness (QED) is 0.470.